The molecule has 3 heteroatoms. The molecule has 2 heterocycles. The van der Waals surface area contributed by atoms with Gasteiger partial charge in [-0.1, -0.05) is 25.7 Å². The molecule has 3 unspecified atom stereocenters. The molecular weight excluding hydrogens is 298 g/mol. The third kappa shape index (κ3) is 1.48. The van der Waals surface area contributed by atoms with Gasteiger partial charge in [0, 0.05) is 35.8 Å². The summed E-state index contributed by atoms with van der Waals surface area (Å²) in [4.78, 5) is 0. The second kappa shape index (κ2) is 4.45. The lowest BCUT2D eigenvalue weighted by molar-refractivity contribution is -0.938. The maximum absolute atomic E-state index is 10.6. The van der Waals surface area contributed by atoms with Crippen molar-refractivity contribution in [2.45, 2.75) is 37.3 Å². The molecule has 2 aliphatic carbocycles. The first-order valence-electron chi connectivity index (χ1n) is 9.17. The summed E-state index contributed by atoms with van der Waals surface area (Å²) in [6.45, 7) is 8.41. The first kappa shape index (κ1) is 14.6. The summed E-state index contributed by atoms with van der Waals surface area (Å²) < 4.78 is 7.50. The van der Waals surface area contributed by atoms with Crippen LogP contribution in [-0.4, -0.2) is 41.9 Å². The van der Waals surface area contributed by atoms with E-state index in [1.807, 2.05) is 12.1 Å². The van der Waals surface area contributed by atoms with E-state index in [2.05, 4.69) is 38.8 Å². The molecule has 2 bridgehead atoms. The number of phenolic OH excluding ortho intramolecular Hbond substituents is 1. The molecule has 3 nitrogen and oxygen atoms in total. The molecule has 0 amide bonds. The smallest absolute Gasteiger partial charge is 0.124 e. The van der Waals surface area contributed by atoms with Crippen molar-refractivity contribution in [3.05, 3.63) is 48.1 Å². The number of nitrogens with zero attached hydrogens (tertiary/aromatic N) is 1. The van der Waals surface area contributed by atoms with E-state index in [1.165, 1.54) is 5.56 Å². The predicted octanol–water partition coefficient (Wildman–Crippen LogP) is 3.17. The van der Waals surface area contributed by atoms with Crippen LogP contribution in [0.25, 0.3) is 0 Å². The van der Waals surface area contributed by atoms with Gasteiger partial charge >= 0.3 is 0 Å². The largest absolute Gasteiger partial charge is 0.508 e. The minimum atomic E-state index is 0.0550. The fraction of sp³-hybridized carbons (Fsp3) is 0.524. The van der Waals surface area contributed by atoms with Crippen molar-refractivity contribution in [2.75, 3.05) is 20.1 Å². The number of hydrogen-bond donors (Lipinski definition) is 1. The molecular formula is C21H26NO2+. The number of quaternary nitrogens is 1. The average molecular weight is 324 g/mol. The second-order valence-corrected chi connectivity index (χ2v) is 8.48. The summed E-state index contributed by atoms with van der Waals surface area (Å²) in [6, 6.07) is 4.30. The van der Waals surface area contributed by atoms with Gasteiger partial charge in [0.2, 0.25) is 0 Å². The zero-order chi connectivity index (χ0) is 16.7. The molecule has 1 spiro atoms. The number of aromatic hydroxyl groups is 1. The molecule has 1 saturated heterocycles. The average Bonchev–Trinajstić information content (AvgIpc) is 2.90. The fourth-order valence-corrected chi connectivity index (χ4v) is 6.29. The number of likely N-dealkylation sites (N-methyl/N-ethyl adjacent to an activating group) is 1. The van der Waals surface area contributed by atoms with Crippen molar-refractivity contribution in [1.82, 2.24) is 0 Å². The number of hydrogen-bond acceptors (Lipinski definition) is 2. The van der Waals surface area contributed by atoms with Gasteiger partial charge in [0.25, 0.3) is 0 Å². The lowest BCUT2D eigenvalue weighted by atomic mass is 9.51. The summed E-state index contributed by atoms with van der Waals surface area (Å²) in [5.41, 5.74) is 2.53. The van der Waals surface area contributed by atoms with Gasteiger partial charge < -0.3 is 14.3 Å². The highest BCUT2D eigenvalue weighted by Gasteiger charge is 2.67. The maximum Gasteiger partial charge on any atom is 0.124 e. The van der Waals surface area contributed by atoms with Gasteiger partial charge in [-0.25, -0.2) is 0 Å². The van der Waals surface area contributed by atoms with E-state index in [4.69, 9.17) is 4.74 Å². The Kier molecular flexibility index (Phi) is 2.71. The van der Waals surface area contributed by atoms with Gasteiger partial charge in [-0.15, -0.1) is 0 Å². The molecule has 6 atom stereocenters. The molecule has 5 rings (SSSR count). The first-order chi connectivity index (χ1) is 11.5. The Labute approximate surface area is 143 Å². The van der Waals surface area contributed by atoms with Crippen LogP contribution in [0.1, 0.15) is 24.5 Å². The van der Waals surface area contributed by atoms with E-state index < -0.39 is 0 Å². The highest BCUT2D eigenvalue weighted by molar-refractivity contribution is 5.60. The van der Waals surface area contributed by atoms with E-state index >= 15 is 0 Å². The van der Waals surface area contributed by atoms with E-state index in [0.717, 1.165) is 41.7 Å². The normalized spacial score (nSPS) is 43.9. The highest BCUT2D eigenvalue weighted by atomic mass is 16.5. The highest BCUT2D eigenvalue weighted by Crippen LogP contribution is 2.63. The maximum atomic E-state index is 10.6. The molecule has 2 aliphatic heterocycles. The van der Waals surface area contributed by atoms with E-state index in [1.54, 1.807) is 0 Å². The standard InChI is InChI=1S/C21H25NO2/c1-4-10-22(3)11-9-21-15-6-5-13(2)20(21)24-18-8-7-17(23)14(19(18)21)12-16(15)22/h4-8,13,15-16,20H,1,9-12H2,2-3H3/p+1/t13-,15?,16?,20?,21-,22-/m0/s1. The van der Waals surface area contributed by atoms with Crippen LogP contribution in [0.3, 0.4) is 0 Å². The third-order valence-electron chi connectivity index (χ3n) is 7.38. The summed E-state index contributed by atoms with van der Waals surface area (Å²) >= 11 is 0. The van der Waals surface area contributed by atoms with Gasteiger partial charge in [-0.2, -0.15) is 0 Å². The minimum absolute atomic E-state index is 0.0550. The summed E-state index contributed by atoms with van der Waals surface area (Å²) in [5.74, 6) is 2.38. The lowest BCUT2D eigenvalue weighted by Gasteiger charge is -2.60. The van der Waals surface area contributed by atoms with Crippen LogP contribution in [0, 0.1) is 11.8 Å². The fourth-order valence-electron chi connectivity index (χ4n) is 6.29. The van der Waals surface area contributed by atoms with Gasteiger partial charge in [-0.05, 0) is 18.2 Å². The SMILES string of the molecule is C=CC[N@@+]1(C)CC[C@@]23c4c5ccc(O)c4CC1C2C=C[C@H](C)C3O5. The quantitative estimate of drug-likeness (QED) is 0.669. The van der Waals surface area contributed by atoms with Crippen LogP contribution in [0.5, 0.6) is 11.5 Å². The molecule has 0 saturated carbocycles. The number of phenols is 1. The molecule has 1 aromatic rings. The van der Waals surface area contributed by atoms with Crippen molar-refractivity contribution in [3.8, 4) is 11.5 Å². The number of ether oxygens (including phenoxy) is 1. The summed E-state index contributed by atoms with van der Waals surface area (Å²) in [5, 5.41) is 10.6. The number of rotatable bonds is 2. The van der Waals surface area contributed by atoms with Crippen LogP contribution in [-0.2, 0) is 11.8 Å². The van der Waals surface area contributed by atoms with Crippen LogP contribution in [0.2, 0.25) is 0 Å². The molecule has 1 fully saturated rings. The molecule has 1 N–H and O–H groups in total. The number of benzene rings is 1. The molecule has 126 valence electrons. The van der Waals surface area contributed by atoms with Crippen molar-refractivity contribution < 1.29 is 14.3 Å². The third-order valence-corrected chi connectivity index (χ3v) is 7.38. The van der Waals surface area contributed by atoms with Crippen LogP contribution in [0.15, 0.2) is 36.9 Å². The molecule has 4 aliphatic rings. The van der Waals surface area contributed by atoms with Gasteiger partial charge in [-0.3, -0.25) is 0 Å². The number of likely N-dealkylation sites (tertiary alicyclic amines) is 1. The zero-order valence-electron chi connectivity index (χ0n) is 14.5. The van der Waals surface area contributed by atoms with E-state index in [9.17, 15) is 5.11 Å². The van der Waals surface area contributed by atoms with Crippen molar-refractivity contribution in [3.63, 3.8) is 0 Å². The Balaban J connectivity index is 1.79. The van der Waals surface area contributed by atoms with Crippen molar-refractivity contribution in [1.29, 1.82) is 0 Å². The minimum Gasteiger partial charge on any atom is -0.508 e. The molecule has 1 aromatic carbocycles. The Morgan fingerprint density at radius 2 is 2.25 bits per heavy atom. The van der Waals surface area contributed by atoms with E-state index in [0.29, 0.717) is 23.6 Å². The van der Waals surface area contributed by atoms with Crippen molar-refractivity contribution in [2.24, 2.45) is 11.8 Å². The van der Waals surface area contributed by atoms with Gasteiger partial charge in [0.05, 0.1) is 25.6 Å². The molecule has 0 radical (unpaired) electrons. The van der Waals surface area contributed by atoms with Crippen LogP contribution >= 0.6 is 0 Å². The Morgan fingerprint density at radius 1 is 1.42 bits per heavy atom. The Morgan fingerprint density at radius 3 is 3.04 bits per heavy atom. The first-order valence-corrected chi connectivity index (χ1v) is 9.17. The summed E-state index contributed by atoms with van der Waals surface area (Å²) in [7, 11) is 2.36. The molecule has 24 heavy (non-hydrogen) atoms. The zero-order valence-corrected chi connectivity index (χ0v) is 14.5. The van der Waals surface area contributed by atoms with Crippen molar-refractivity contribution >= 4 is 0 Å². The van der Waals surface area contributed by atoms with Crippen LogP contribution < -0.4 is 4.74 Å². The Bertz CT molecular complexity index is 769. The monoisotopic (exact) mass is 324 g/mol. The second-order valence-electron chi connectivity index (χ2n) is 8.48. The predicted molar refractivity (Wildman–Crippen MR) is 94.2 cm³/mol. The Hall–Kier alpha value is -1.74. The van der Waals surface area contributed by atoms with Gasteiger partial charge in [0.15, 0.2) is 0 Å². The van der Waals surface area contributed by atoms with Gasteiger partial charge in [0.1, 0.15) is 23.6 Å². The summed E-state index contributed by atoms with van der Waals surface area (Å²) in [6.07, 6.45) is 9.16. The lowest BCUT2D eigenvalue weighted by Crippen LogP contribution is -2.70. The van der Waals surface area contributed by atoms with E-state index in [-0.39, 0.29) is 11.5 Å². The number of piperidine rings is 1. The van der Waals surface area contributed by atoms with Crippen LogP contribution in [0.4, 0.5) is 0 Å². The molecule has 0 aromatic heterocycles. The topological polar surface area (TPSA) is 29.5 Å².